The van der Waals surface area contributed by atoms with Crippen LogP contribution in [-0.2, 0) is 14.3 Å². The molecule has 0 spiro atoms. The van der Waals surface area contributed by atoms with Crippen LogP contribution in [0.1, 0.15) is 13.8 Å². The Morgan fingerprint density at radius 1 is 1.50 bits per heavy atom. The molecular formula is C8H9NO4S. The van der Waals surface area contributed by atoms with Gasteiger partial charge in [0, 0.05) is 6.08 Å². The summed E-state index contributed by atoms with van der Waals surface area (Å²) in [7, 11) is 0. The zero-order valence-corrected chi connectivity index (χ0v) is 8.51. The molecule has 0 radical (unpaired) electrons. The molecule has 1 saturated heterocycles. The van der Waals surface area contributed by atoms with Crippen molar-refractivity contribution in [1.29, 1.82) is 0 Å². The van der Waals surface area contributed by atoms with Crippen molar-refractivity contribution in [2.75, 3.05) is 0 Å². The zero-order valence-electron chi connectivity index (χ0n) is 7.70. The Labute approximate surface area is 84.9 Å². The quantitative estimate of drug-likeness (QED) is 0.545. The summed E-state index contributed by atoms with van der Waals surface area (Å²) >= 11 is 0.690. The van der Waals surface area contributed by atoms with Gasteiger partial charge in [-0.3, -0.25) is 14.9 Å². The van der Waals surface area contributed by atoms with Crippen LogP contribution < -0.4 is 5.32 Å². The lowest BCUT2D eigenvalue weighted by atomic mass is 10.4. The van der Waals surface area contributed by atoms with Crippen LogP contribution in [0, 0.1) is 0 Å². The lowest BCUT2D eigenvalue weighted by molar-refractivity contribution is -0.141. The first kappa shape index (κ1) is 10.8. The first-order valence-electron chi connectivity index (χ1n) is 3.94. The number of ether oxygens (including phenoxy) is 1. The van der Waals surface area contributed by atoms with E-state index in [9.17, 15) is 14.4 Å². The predicted molar refractivity (Wildman–Crippen MR) is 50.4 cm³/mol. The molecule has 1 N–H and O–H groups in total. The molecule has 1 aliphatic rings. The summed E-state index contributed by atoms with van der Waals surface area (Å²) < 4.78 is 4.78. The predicted octanol–water partition coefficient (Wildman–Crippen LogP) is 0.805. The molecule has 0 aliphatic carbocycles. The molecule has 1 aliphatic heterocycles. The van der Waals surface area contributed by atoms with Crippen LogP contribution in [-0.4, -0.2) is 23.2 Å². The Bertz CT molecular complexity index is 321. The van der Waals surface area contributed by atoms with E-state index < -0.39 is 17.1 Å². The summed E-state index contributed by atoms with van der Waals surface area (Å²) in [5, 5.41) is 1.56. The van der Waals surface area contributed by atoms with E-state index in [0.717, 1.165) is 6.08 Å². The van der Waals surface area contributed by atoms with E-state index in [1.54, 1.807) is 13.8 Å². The summed E-state index contributed by atoms with van der Waals surface area (Å²) in [6.45, 7) is 3.40. The summed E-state index contributed by atoms with van der Waals surface area (Å²) in [6, 6.07) is 0. The zero-order chi connectivity index (χ0) is 10.7. The molecule has 76 valence electrons. The van der Waals surface area contributed by atoms with Crippen LogP contribution in [0.15, 0.2) is 11.0 Å². The Morgan fingerprint density at radius 3 is 2.57 bits per heavy atom. The molecule has 1 rings (SSSR count). The first-order chi connectivity index (χ1) is 6.49. The Kier molecular flexibility index (Phi) is 3.29. The normalized spacial score (nSPS) is 18.9. The number of imide groups is 1. The molecule has 0 aromatic heterocycles. The molecule has 0 atom stereocenters. The molecule has 5 nitrogen and oxygen atoms in total. The average Bonchev–Trinajstić information content (AvgIpc) is 2.28. The molecule has 1 heterocycles. The fourth-order valence-electron chi connectivity index (χ4n) is 0.794. The highest BCUT2D eigenvalue weighted by atomic mass is 32.2. The van der Waals surface area contributed by atoms with Crippen LogP contribution in [0.5, 0.6) is 0 Å². The van der Waals surface area contributed by atoms with Gasteiger partial charge >= 0.3 is 5.97 Å². The highest BCUT2D eigenvalue weighted by Crippen LogP contribution is 2.22. The smallest absolute Gasteiger partial charge is 0.332 e. The third kappa shape index (κ3) is 2.88. The standard InChI is InChI=1S/C8H9NO4S/c1-4(2)13-6(10)3-5-7(11)9-8(12)14-5/h3-4H,1-2H3,(H,9,11,12)/b5-3+. The number of hydrogen-bond acceptors (Lipinski definition) is 5. The van der Waals surface area contributed by atoms with Gasteiger partial charge in [0.15, 0.2) is 0 Å². The van der Waals surface area contributed by atoms with Crippen molar-refractivity contribution >= 4 is 28.9 Å². The second-order valence-electron chi connectivity index (χ2n) is 2.84. The van der Waals surface area contributed by atoms with Gasteiger partial charge in [-0.05, 0) is 25.6 Å². The van der Waals surface area contributed by atoms with E-state index in [2.05, 4.69) is 0 Å². The van der Waals surface area contributed by atoms with Gasteiger partial charge in [-0.15, -0.1) is 0 Å². The van der Waals surface area contributed by atoms with Gasteiger partial charge in [0.25, 0.3) is 11.1 Å². The van der Waals surface area contributed by atoms with Crippen molar-refractivity contribution in [3.63, 3.8) is 0 Å². The number of amides is 2. The molecule has 0 bridgehead atoms. The van der Waals surface area contributed by atoms with E-state index in [0.29, 0.717) is 11.8 Å². The summed E-state index contributed by atoms with van der Waals surface area (Å²) in [6.07, 6.45) is 0.773. The van der Waals surface area contributed by atoms with E-state index in [-0.39, 0.29) is 11.0 Å². The van der Waals surface area contributed by atoms with Gasteiger partial charge in [0.2, 0.25) is 0 Å². The Balaban J connectivity index is 2.64. The van der Waals surface area contributed by atoms with Gasteiger partial charge in [0.05, 0.1) is 11.0 Å². The highest BCUT2D eigenvalue weighted by molar-refractivity contribution is 8.18. The van der Waals surface area contributed by atoms with Crippen LogP contribution >= 0.6 is 11.8 Å². The topological polar surface area (TPSA) is 72.5 Å². The molecule has 2 amide bonds. The minimum Gasteiger partial charge on any atom is -0.460 e. The van der Waals surface area contributed by atoms with E-state index in [1.165, 1.54) is 0 Å². The minimum atomic E-state index is -0.618. The van der Waals surface area contributed by atoms with Gasteiger partial charge < -0.3 is 4.74 Å². The lowest BCUT2D eigenvalue weighted by Gasteiger charge is -2.03. The van der Waals surface area contributed by atoms with Gasteiger partial charge in [0.1, 0.15) is 0 Å². The second-order valence-corrected chi connectivity index (χ2v) is 3.85. The number of esters is 1. The number of carbonyl (C=O) groups is 3. The second kappa shape index (κ2) is 4.28. The molecule has 0 unspecified atom stereocenters. The first-order valence-corrected chi connectivity index (χ1v) is 4.76. The number of rotatable bonds is 2. The monoisotopic (exact) mass is 215 g/mol. The molecule has 6 heteroatoms. The van der Waals surface area contributed by atoms with Gasteiger partial charge in [-0.2, -0.15) is 0 Å². The van der Waals surface area contributed by atoms with Crippen LogP contribution in [0.2, 0.25) is 0 Å². The third-order valence-electron chi connectivity index (χ3n) is 1.24. The van der Waals surface area contributed by atoms with Crippen LogP contribution in [0.4, 0.5) is 4.79 Å². The summed E-state index contributed by atoms with van der Waals surface area (Å²) in [4.78, 5) is 32.8. The summed E-state index contributed by atoms with van der Waals surface area (Å²) in [5.41, 5.74) is 0. The van der Waals surface area contributed by atoms with Gasteiger partial charge in [-0.1, -0.05) is 0 Å². The fourth-order valence-corrected chi connectivity index (χ4v) is 1.44. The third-order valence-corrected chi connectivity index (χ3v) is 2.05. The molecule has 1 fully saturated rings. The van der Waals surface area contributed by atoms with E-state index in [1.807, 2.05) is 5.32 Å². The number of nitrogens with one attached hydrogen (secondary N) is 1. The SMILES string of the molecule is CC(C)OC(=O)/C=C1/SC(=O)NC1=O. The molecule has 14 heavy (non-hydrogen) atoms. The van der Waals surface area contributed by atoms with E-state index in [4.69, 9.17) is 4.74 Å². The maximum atomic E-state index is 11.1. The Morgan fingerprint density at radius 2 is 2.14 bits per heavy atom. The Hall–Kier alpha value is -1.30. The van der Waals surface area contributed by atoms with E-state index >= 15 is 0 Å². The molecule has 0 saturated carbocycles. The van der Waals surface area contributed by atoms with Crippen molar-refractivity contribution in [3.05, 3.63) is 11.0 Å². The van der Waals surface area contributed by atoms with Crippen LogP contribution in [0.25, 0.3) is 0 Å². The fraction of sp³-hybridized carbons (Fsp3) is 0.375. The highest BCUT2D eigenvalue weighted by Gasteiger charge is 2.26. The van der Waals surface area contributed by atoms with Crippen molar-refractivity contribution in [1.82, 2.24) is 5.32 Å². The van der Waals surface area contributed by atoms with Crippen LogP contribution in [0.3, 0.4) is 0 Å². The number of thioether (sulfide) groups is 1. The maximum absolute atomic E-state index is 11.1. The largest absolute Gasteiger partial charge is 0.460 e. The summed E-state index contributed by atoms with van der Waals surface area (Å²) in [5.74, 6) is -1.17. The van der Waals surface area contributed by atoms with Crippen molar-refractivity contribution < 1.29 is 19.1 Å². The molecular weight excluding hydrogens is 206 g/mol. The number of carbonyl (C=O) groups excluding carboxylic acids is 3. The van der Waals surface area contributed by atoms with Crippen molar-refractivity contribution in [2.24, 2.45) is 0 Å². The van der Waals surface area contributed by atoms with Gasteiger partial charge in [-0.25, -0.2) is 4.79 Å². The molecule has 0 aromatic rings. The lowest BCUT2D eigenvalue weighted by Crippen LogP contribution is -2.18. The minimum absolute atomic E-state index is 0.0700. The average molecular weight is 215 g/mol. The number of hydrogen-bond donors (Lipinski definition) is 1. The maximum Gasteiger partial charge on any atom is 0.332 e. The van der Waals surface area contributed by atoms with Crippen molar-refractivity contribution in [3.8, 4) is 0 Å². The molecule has 0 aromatic carbocycles. The van der Waals surface area contributed by atoms with Crippen molar-refractivity contribution in [2.45, 2.75) is 20.0 Å².